The Morgan fingerprint density at radius 2 is 2.43 bits per heavy atom. The molecular weight excluding hydrogens is 240 g/mol. The average Bonchev–Trinajstić information content (AvgIpc) is 2.99. The maximum atomic E-state index is 4.45. The molecule has 1 aliphatic carbocycles. The van der Waals surface area contributed by atoms with Gasteiger partial charge in [0.2, 0.25) is 0 Å². The van der Waals surface area contributed by atoms with Gasteiger partial charge in [-0.05, 0) is 53.4 Å². The van der Waals surface area contributed by atoms with Crippen LogP contribution in [0.15, 0.2) is 22.8 Å². The standard InChI is InChI=1S/C11H15BrN2/c1-2-13-10(8-5-6-8)11-9(12)4-3-7-14-11/h3-4,7-8,10,13H,2,5-6H2,1H3. The molecule has 76 valence electrons. The second-order valence-electron chi connectivity index (χ2n) is 3.74. The first-order valence-corrected chi connectivity index (χ1v) is 5.96. The van der Waals surface area contributed by atoms with Crippen molar-refractivity contribution in [2.24, 2.45) is 5.92 Å². The highest BCUT2D eigenvalue weighted by Crippen LogP contribution is 2.41. The van der Waals surface area contributed by atoms with Crippen LogP contribution in [0.2, 0.25) is 0 Å². The summed E-state index contributed by atoms with van der Waals surface area (Å²) in [6.07, 6.45) is 4.54. The van der Waals surface area contributed by atoms with E-state index >= 15 is 0 Å². The molecule has 0 bridgehead atoms. The van der Waals surface area contributed by atoms with Crippen LogP contribution in [-0.2, 0) is 0 Å². The largest absolute Gasteiger partial charge is 0.309 e. The van der Waals surface area contributed by atoms with Crippen molar-refractivity contribution < 1.29 is 0 Å². The molecule has 1 saturated carbocycles. The van der Waals surface area contributed by atoms with E-state index in [-0.39, 0.29) is 0 Å². The first-order valence-electron chi connectivity index (χ1n) is 5.16. The highest BCUT2D eigenvalue weighted by Gasteiger charge is 2.33. The maximum Gasteiger partial charge on any atom is 0.0717 e. The number of pyridine rings is 1. The van der Waals surface area contributed by atoms with Gasteiger partial charge in [-0.2, -0.15) is 0 Å². The molecule has 0 aliphatic heterocycles. The molecule has 2 rings (SSSR count). The molecule has 0 saturated heterocycles. The summed E-state index contributed by atoms with van der Waals surface area (Å²) in [6, 6.07) is 4.47. The zero-order chi connectivity index (χ0) is 9.97. The number of rotatable bonds is 4. The number of aromatic nitrogens is 1. The van der Waals surface area contributed by atoms with Gasteiger partial charge in [0.15, 0.2) is 0 Å². The summed E-state index contributed by atoms with van der Waals surface area (Å²) >= 11 is 3.56. The molecule has 0 spiro atoms. The monoisotopic (exact) mass is 254 g/mol. The van der Waals surface area contributed by atoms with E-state index in [4.69, 9.17) is 0 Å². The lowest BCUT2D eigenvalue weighted by molar-refractivity contribution is 0.483. The number of nitrogens with zero attached hydrogens (tertiary/aromatic N) is 1. The highest BCUT2D eigenvalue weighted by atomic mass is 79.9. The predicted octanol–water partition coefficient (Wildman–Crippen LogP) is 2.90. The topological polar surface area (TPSA) is 24.9 Å². The zero-order valence-electron chi connectivity index (χ0n) is 8.33. The third-order valence-electron chi connectivity index (χ3n) is 2.60. The lowest BCUT2D eigenvalue weighted by atomic mass is 10.1. The summed E-state index contributed by atoms with van der Waals surface area (Å²) in [7, 11) is 0. The van der Waals surface area contributed by atoms with Crippen LogP contribution in [0.5, 0.6) is 0 Å². The second-order valence-corrected chi connectivity index (χ2v) is 4.60. The zero-order valence-corrected chi connectivity index (χ0v) is 9.92. The normalized spacial score (nSPS) is 18.1. The molecule has 1 N–H and O–H groups in total. The van der Waals surface area contributed by atoms with Gasteiger partial charge in [0.05, 0.1) is 11.7 Å². The summed E-state index contributed by atoms with van der Waals surface area (Å²) in [6.45, 7) is 3.15. The molecule has 14 heavy (non-hydrogen) atoms. The van der Waals surface area contributed by atoms with Crippen LogP contribution in [0.25, 0.3) is 0 Å². The molecule has 0 amide bonds. The van der Waals surface area contributed by atoms with E-state index < -0.39 is 0 Å². The summed E-state index contributed by atoms with van der Waals surface area (Å²) < 4.78 is 1.12. The third-order valence-corrected chi connectivity index (χ3v) is 3.27. The molecule has 2 nitrogen and oxygen atoms in total. The van der Waals surface area contributed by atoms with Crippen LogP contribution >= 0.6 is 15.9 Å². The van der Waals surface area contributed by atoms with Crippen LogP contribution in [-0.4, -0.2) is 11.5 Å². The lowest BCUT2D eigenvalue weighted by Crippen LogP contribution is -2.23. The van der Waals surface area contributed by atoms with Crippen molar-refractivity contribution >= 4 is 15.9 Å². The van der Waals surface area contributed by atoms with Gasteiger partial charge < -0.3 is 5.32 Å². The third kappa shape index (κ3) is 2.15. The van der Waals surface area contributed by atoms with E-state index in [9.17, 15) is 0 Å². The molecule has 1 heterocycles. The van der Waals surface area contributed by atoms with Crippen molar-refractivity contribution in [3.63, 3.8) is 0 Å². The maximum absolute atomic E-state index is 4.45. The predicted molar refractivity (Wildman–Crippen MR) is 61.1 cm³/mol. The Bertz CT molecular complexity index is 310. The van der Waals surface area contributed by atoms with Crippen molar-refractivity contribution in [1.29, 1.82) is 0 Å². The number of nitrogens with one attached hydrogen (secondary N) is 1. The van der Waals surface area contributed by atoms with Crippen LogP contribution < -0.4 is 5.32 Å². The Morgan fingerprint density at radius 3 is 3.00 bits per heavy atom. The summed E-state index contributed by atoms with van der Waals surface area (Å²) in [4.78, 5) is 4.45. The molecule has 1 aromatic heterocycles. The fourth-order valence-electron chi connectivity index (χ4n) is 1.76. The van der Waals surface area contributed by atoms with E-state index in [1.165, 1.54) is 12.8 Å². The van der Waals surface area contributed by atoms with Crippen molar-refractivity contribution in [1.82, 2.24) is 10.3 Å². The number of hydrogen-bond acceptors (Lipinski definition) is 2. The summed E-state index contributed by atoms with van der Waals surface area (Å²) in [5.41, 5.74) is 1.16. The Hall–Kier alpha value is -0.410. The minimum Gasteiger partial charge on any atom is -0.309 e. The molecule has 1 aromatic rings. The first kappa shape index (κ1) is 10.1. The number of halogens is 1. The Kier molecular flexibility index (Phi) is 3.19. The van der Waals surface area contributed by atoms with E-state index in [0.717, 1.165) is 22.6 Å². The van der Waals surface area contributed by atoms with Gasteiger partial charge in [-0.25, -0.2) is 0 Å². The molecule has 1 aliphatic rings. The molecule has 1 atom stereocenters. The number of hydrogen-bond donors (Lipinski definition) is 1. The van der Waals surface area contributed by atoms with Gasteiger partial charge in [-0.1, -0.05) is 6.92 Å². The molecule has 0 aromatic carbocycles. The van der Waals surface area contributed by atoms with Gasteiger partial charge in [-0.3, -0.25) is 4.98 Å². The van der Waals surface area contributed by atoms with Crippen molar-refractivity contribution in [2.45, 2.75) is 25.8 Å². The first-order chi connectivity index (χ1) is 6.83. The fourth-order valence-corrected chi connectivity index (χ4v) is 2.26. The summed E-state index contributed by atoms with van der Waals surface area (Å²) in [5.74, 6) is 0.793. The van der Waals surface area contributed by atoms with Crippen LogP contribution in [0.3, 0.4) is 0 Å². The molecular formula is C11H15BrN2. The molecule has 1 unspecified atom stereocenters. The second kappa shape index (κ2) is 4.41. The van der Waals surface area contributed by atoms with Crippen LogP contribution in [0.4, 0.5) is 0 Å². The lowest BCUT2D eigenvalue weighted by Gasteiger charge is -2.17. The van der Waals surface area contributed by atoms with E-state index in [1.54, 1.807) is 0 Å². The van der Waals surface area contributed by atoms with Gasteiger partial charge >= 0.3 is 0 Å². The minimum absolute atomic E-state index is 0.440. The van der Waals surface area contributed by atoms with Crippen molar-refractivity contribution in [3.8, 4) is 0 Å². The Labute approximate surface area is 93.3 Å². The van der Waals surface area contributed by atoms with Gasteiger partial charge in [0.25, 0.3) is 0 Å². The Morgan fingerprint density at radius 1 is 1.64 bits per heavy atom. The molecule has 1 fully saturated rings. The van der Waals surface area contributed by atoms with Gasteiger partial charge in [-0.15, -0.1) is 0 Å². The van der Waals surface area contributed by atoms with E-state index in [2.05, 4.69) is 39.2 Å². The van der Waals surface area contributed by atoms with Crippen molar-refractivity contribution in [3.05, 3.63) is 28.5 Å². The SMILES string of the molecule is CCNC(c1ncccc1Br)C1CC1. The average molecular weight is 255 g/mol. The van der Waals surface area contributed by atoms with Gasteiger partial charge in [0, 0.05) is 10.7 Å². The quantitative estimate of drug-likeness (QED) is 0.894. The smallest absolute Gasteiger partial charge is 0.0717 e. The minimum atomic E-state index is 0.440. The molecule has 0 radical (unpaired) electrons. The van der Waals surface area contributed by atoms with Crippen LogP contribution in [0, 0.1) is 5.92 Å². The van der Waals surface area contributed by atoms with Gasteiger partial charge in [0.1, 0.15) is 0 Å². The van der Waals surface area contributed by atoms with Crippen LogP contribution in [0.1, 0.15) is 31.5 Å². The Balaban J connectivity index is 2.21. The highest BCUT2D eigenvalue weighted by molar-refractivity contribution is 9.10. The molecule has 3 heteroatoms. The van der Waals surface area contributed by atoms with E-state index in [1.807, 2.05) is 12.3 Å². The van der Waals surface area contributed by atoms with E-state index in [0.29, 0.717) is 6.04 Å². The summed E-state index contributed by atoms with van der Waals surface area (Å²) in [5, 5.41) is 3.51. The fraction of sp³-hybridized carbons (Fsp3) is 0.545. The van der Waals surface area contributed by atoms with Crippen molar-refractivity contribution in [2.75, 3.05) is 6.54 Å².